The third-order valence-corrected chi connectivity index (χ3v) is 3.21. The number of nitrogens with zero attached hydrogens (tertiary/aromatic N) is 1. The number of hydrogen-bond donors (Lipinski definition) is 2. The van der Waals surface area contributed by atoms with Crippen LogP contribution in [0.15, 0.2) is 42.7 Å². The molecular weight excluding hydrogens is 274 g/mol. The summed E-state index contributed by atoms with van der Waals surface area (Å²) in [6.45, 7) is 3.82. The highest BCUT2D eigenvalue weighted by atomic mass is 35.5. The van der Waals surface area contributed by atoms with Crippen molar-refractivity contribution in [1.29, 1.82) is 0 Å². The van der Waals surface area contributed by atoms with Gasteiger partial charge in [-0.25, -0.2) is 4.79 Å². The Morgan fingerprint density at radius 1 is 1.35 bits per heavy atom. The summed E-state index contributed by atoms with van der Waals surface area (Å²) in [5.41, 5.74) is 2.61. The first-order valence-electron chi connectivity index (χ1n) is 6.30. The summed E-state index contributed by atoms with van der Waals surface area (Å²) in [5.74, 6) is 0. The van der Waals surface area contributed by atoms with Gasteiger partial charge in [0.25, 0.3) is 0 Å². The molecule has 1 aromatic carbocycles. The van der Waals surface area contributed by atoms with Crippen LogP contribution in [0.5, 0.6) is 0 Å². The summed E-state index contributed by atoms with van der Waals surface area (Å²) < 4.78 is 0. The zero-order chi connectivity index (χ0) is 14.5. The van der Waals surface area contributed by atoms with Gasteiger partial charge in [0.1, 0.15) is 0 Å². The van der Waals surface area contributed by atoms with E-state index in [1.807, 2.05) is 32.0 Å². The molecule has 0 fully saturated rings. The molecule has 0 radical (unpaired) electrons. The van der Waals surface area contributed by atoms with Crippen LogP contribution in [0.1, 0.15) is 24.1 Å². The minimum Gasteiger partial charge on any atom is -0.331 e. The highest BCUT2D eigenvalue weighted by Gasteiger charge is 2.10. The fraction of sp³-hybridized carbons (Fsp3) is 0.200. The lowest BCUT2D eigenvalue weighted by atomic mass is 10.1. The molecule has 1 heterocycles. The van der Waals surface area contributed by atoms with E-state index in [4.69, 9.17) is 11.6 Å². The van der Waals surface area contributed by atoms with Crippen LogP contribution < -0.4 is 10.6 Å². The predicted octanol–water partition coefficient (Wildman–Crippen LogP) is 3.93. The third kappa shape index (κ3) is 3.71. The van der Waals surface area contributed by atoms with E-state index in [2.05, 4.69) is 15.6 Å². The molecule has 2 rings (SSSR count). The van der Waals surface area contributed by atoms with Gasteiger partial charge in [-0.1, -0.05) is 23.7 Å². The van der Waals surface area contributed by atoms with E-state index in [0.717, 1.165) is 11.1 Å². The Bertz CT molecular complexity index is 601. The van der Waals surface area contributed by atoms with Gasteiger partial charge in [-0.3, -0.25) is 4.98 Å². The Hall–Kier alpha value is -2.07. The standard InChI is InChI=1S/C15H16ClN3O/c1-10-5-6-13(16)8-14(10)19-15(20)18-11(2)12-4-3-7-17-9-12/h3-9,11H,1-2H3,(H2,18,19,20). The molecule has 20 heavy (non-hydrogen) atoms. The number of pyridine rings is 1. The van der Waals surface area contributed by atoms with Crippen molar-refractivity contribution < 1.29 is 4.79 Å². The summed E-state index contributed by atoms with van der Waals surface area (Å²) in [6, 6.07) is 8.75. The molecule has 0 saturated carbocycles. The lowest BCUT2D eigenvalue weighted by molar-refractivity contribution is 0.249. The molecule has 1 aromatic heterocycles. The molecule has 4 nitrogen and oxygen atoms in total. The first-order valence-corrected chi connectivity index (χ1v) is 6.67. The van der Waals surface area contributed by atoms with Crippen molar-refractivity contribution in [2.75, 3.05) is 5.32 Å². The number of rotatable bonds is 3. The minimum absolute atomic E-state index is 0.122. The Morgan fingerprint density at radius 3 is 2.85 bits per heavy atom. The minimum atomic E-state index is -0.272. The first-order chi connectivity index (χ1) is 9.56. The smallest absolute Gasteiger partial charge is 0.319 e. The maximum atomic E-state index is 12.0. The van der Waals surface area contributed by atoms with Gasteiger partial charge in [0.2, 0.25) is 0 Å². The molecule has 0 aliphatic carbocycles. The molecule has 0 bridgehead atoms. The fourth-order valence-corrected chi connectivity index (χ4v) is 1.97. The van der Waals surface area contributed by atoms with Gasteiger partial charge in [-0.2, -0.15) is 0 Å². The van der Waals surface area contributed by atoms with Crippen molar-refractivity contribution in [2.24, 2.45) is 0 Å². The van der Waals surface area contributed by atoms with Gasteiger partial charge in [0.05, 0.1) is 6.04 Å². The van der Waals surface area contributed by atoms with Crippen molar-refractivity contribution in [3.63, 3.8) is 0 Å². The topological polar surface area (TPSA) is 54.0 Å². The average molecular weight is 290 g/mol. The van der Waals surface area contributed by atoms with Crippen molar-refractivity contribution in [2.45, 2.75) is 19.9 Å². The van der Waals surface area contributed by atoms with Crippen LogP contribution in [0.25, 0.3) is 0 Å². The largest absolute Gasteiger partial charge is 0.331 e. The number of nitrogens with one attached hydrogen (secondary N) is 2. The van der Waals surface area contributed by atoms with Gasteiger partial charge in [0, 0.05) is 23.1 Å². The number of halogens is 1. The van der Waals surface area contributed by atoms with Crippen molar-refractivity contribution in [3.05, 3.63) is 58.9 Å². The van der Waals surface area contributed by atoms with Crippen LogP contribution in [-0.4, -0.2) is 11.0 Å². The summed E-state index contributed by atoms with van der Waals surface area (Å²) in [7, 11) is 0. The lowest BCUT2D eigenvalue weighted by Gasteiger charge is -2.15. The predicted molar refractivity (Wildman–Crippen MR) is 81.0 cm³/mol. The second-order valence-corrected chi connectivity index (χ2v) is 5.00. The van der Waals surface area contributed by atoms with Crippen molar-refractivity contribution in [3.8, 4) is 0 Å². The second kappa shape index (κ2) is 6.39. The molecule has 0 aliphatic heterocycles. The Morgan fingerprint density at radius 2 is 2.15 bits per heavy atom. The van der Waals surface area contributed by atoms with Crippen LogP contribution in [-0.2, 0) is 0 Å². The molecule has 2 N–H and O–H groups in total. The van der Waals surface area contributed by atoms with E-state index in [1.54, 1.807) is 24.5 Å². The number of anilines is 1. The highest BCUT2D eigenvalue weighted by Crippen LogP contribution is 2.20. The maximum absolute atomic E-state index is 12.0. The zero-order valence-corrected chi connectivity index (χ0v) is 12.1. The summed E-state index contributed by atoms with van der Waals surface area (Å²) >= 11 is 5.92. The van der Waals surface area contributed by atoms with Gasteiger partial charge in [-0.05, 0) is 43.2 Å². The number of aryl methyl sites for hydroxylation is 1. The van der Waals surface area contributed by atoms with Crippen LogP contribution >= 0.6 is 11.6 Å². The number of hydrogen-bond acceptors (Lipinski definition) is 2. The fourth-order valence-electron chi connectivity index (χ4n) is 1.80. The van der Waals surface area contributed by atoms with E-state index in [0.29, 0.717) is 10.7 Å². The van der Waals surface area contributed by atoms with Gasteiger partial charge in [-0.15, -0.1) is 0 Å². The van der Waals surface area contributed by atoms with E-state index >= 15 is 0 Å². The van der Waals surface area contributed by atoms with E-state index in [1.165, 1.54) is 0 Å². The average Bonchev–Trinajstić information content (AvgIpc) is 2.43. The highest BCUT2D eigenvalue weighted by molar-refractivity contribution is 6.31. The van der Waals surface area contributed by atoms with Gasteiger partial charge in [0.15, 0.2) is 0 Å². The summed E-state index contributed by atoms with van der Waals surface area (Å²) in [6.07, 6.45) is 3.43. The van der Waals surface area contributed by atoms with Crippen LogP contribution in [0.3, 0.4) is 0 Å². The van der Waals surface area contributed by atoms with Gasteiger partial charge < -0.3 is 10.6 Å². The third-order valence-electron chi connectivity index (χ3n) is 2.98. The van der Waals surface area contributed by atoms with Crippen molar-refractivity contribution in [1.82, 2.24) is 10.3 Å². The Balaban J connectivity index is 2.01. The molecule has 0 spiro atoms. The monoisotopic (exact) mass is 289 g/mol. The number of urea groups is 1. The molecule has 104 valence electrons. The van der Waals surface area contributed by atoms with Crippen LogP contribution in [0.2, 0.25) is 5.02 Å². The number of aromatic nitrogens is 1. The molecule has 2 amide bonds. The molecular formula is C15H16ClN3O. The van der Waals surface area contributed by atoms with Crippen molar-refractivity contribution >= 4 is 23.3 Å². The van der Waals surface area contributed by atoms with E-state index in [9.17, 15) is 4.79 Å². The molecule has 1 atom stereocenters. The second-order valence-electron chi connectivity index (χ2n) is 4.57. The summed E-state index contributed by atoms with van der Waals surface area (Å²) in [5, 5.41) is 6.24. The number of carbonyl (C=O) groups is 1. The number of amides is 2. The van der Waals surface area contributed by atoms with E-state index in [-0.39, 0.29) is 12.1 Å². The van der Waals surface area contributed by atoms with Crippen LogP contribution in [0, 0.1) is 6.92 Å². The molecule has 0 aliphatic rings. The Kier molecular flexibility index (Phi) is 4.58. The SMILES string of the molecule is Cc1ccc(Cl)cc1NC(=O)NC(C)c1cccnc1. The van der Waals surface area contributed by atoms with E-state index < -0.39 is 0 Å². The molecule has 0 saturated heterocycles. The van der Waals surface area contributed by atoms with Crippen LogP contribution in [0.4, 0.5) is 10.5 Å². The summed E-state index contributed by atoms with van der Waals surface area (Å²) in [4.78, 5) is 16.0. The first kappa shape index (κ1) is 14.3. The maximum Gasteiger partial charge on any atom is 0.319 e. The molecule has 2 aromatic rings. The Labute approximate surface area is 123 Å². The number of benzene rings is 1. The number of carbonyl (C=O) groups excluding carboxylic acids is 1. The molecule has 5 heteroatoms. The quantitative estimate of drug-likeness (QED) is 0.899. The normalized spacial score (nSPS) is 11.8. The molecule has 1 unspecified atom stereocenters. The lowest BCUT2D eigenvalue weighted by Crippen LogP contribution is -2.31. The van der Waals surface area contributed by atoms with Gasteiger partial charge >= 0.3 is 6.03 Å². The zero-order valence-electron chi connectivity index (χ0n) is 11.4.